The third kappa shape index (κ3) is 6.21. The Morgan fingerprint density at radius 1 is 0.884 bits per heavy atom. The highest BCUT2D eigenvalue weighted by atomic mass is 35.5. The SMILES string of the molecule is O=C(Nc1ccccc1)N1CCCC(CCCN2CCC3(CC2)C(=O)NCN3c2ccccc2)(c2ccc(Cl)c(Cl)c2)C1. The molecule has 3 aromatic carbocycles. The molecular weight excluding hydrogens is 581 g/mol. The van der Waals surface area contributed by atoms with Gasteiger partial charge in [0.1, 0.15) is 5.54 Å². The molecule has 0 saturated carbocycles. The molecule has 9 heteroatoms. The number of hydrogen-bond acceptors (Lipinski definition) is 4. The van der Waals surface area contributed by atoms with Crippen molar-refractivity contribution in [3.05, 3.63) is 94.5 Å². The number of likely N-dealkylation sites (tertiary alicyclic amines) is 2. The number of anilines is 2. The first-order valence-electron chi connectivity index (χ1n) is 15.3. The molecule has 1 unspecified atom stereocenters. The summed E-state index contributed by atoms with van der Waals surface area (Å²) in [5, 5.41) is 7.25. The molecular formula is C34H39Cl2N5O2. The minimum absolute atomic E-state index is 0.0746. The highest BCUT2D eigenvalue weighted by molar-refractivity contribution is 6.42. The van der Waals surface area contributed by atoms with Crippen LogP contribution in [0, 0.1) is 0 Å². The molecule has 3 aliphatic rings. The van der Waals surface area contributed by atoms with Crippen molar-refractivity contribution in [1.29, 1.82) is 0 Å². The van der Waals surface area contributed by atoms with Crippen LogP contribution < -0.4 is 15.5 Å². The Morgan fingerprint density at radius 2 is 1.60 bits per heavy atom. The van der Waals surface area contributed by atoms with Crippen molar-refractivity contribution in [3.63, 3.8) is 0 Å². The number of carbonyl (C=O) groups is 2. The van der Waals surface area contributed by atoms with Crippen LogP contribution in [0.2, 0.25) is 10.0 Å². The van der Waals surface area contributed by atoms with Crippen molar-refractivity contribution in [1.82, 2.24) is 15.1 Å². The van der Waals surface area contributed by atoms with Crippen molar-refractivity contribution >= 4 is 46.5 Å². The molecule has 7 nitrogen and oxygen atoms in total. The van der Waals surface area contributed by atoms with Crippen LogP contribution in [0.25, 0.3) is 0 Å². The van der Waals surface area contributed by atoms with Crippen molar-refractivity contribution in [2.45, 2.75) is 49.5 Å². The Morgan fingerprint density at radius 3 is 2.33 bits per heavy atom. The second-order valence-electron chi connectivity index (χ2n) is 12.1. The van der Waals surface area contributed by atoms with E-state index in [9.17, 15) is 9.59 Å². The summed E-state index contributed by atoms with van der Waals surface area (Å²) in [4.78, 5) is 33.1. The van der Waals surface area contributed by atoms with Gasteiger partial charge in [-0.1, -0.05) is 65.7 Å². The number of para-hydroxylation sites is 2. The molecule has 3 amide bonds. The molecule has 226 valence electrons. The molecule has 0 aliphatic carbocycles. The van der Waals surface area contributed by atoms with Crippen LogP contribution >= 0.6 is 23.2 Å². The van der Waals surface area contributed by atoms with Gasteiger partial charge in [-0.15, -0.1) is 0 Å². The Hall–Kier alpha value is -3.26. The van der Waals surface area contributed by atoms with Crippen molar-refractivity contribution in [2.24, 2.45) is 0 Å². The predicted octanol–water partition coefficient (Wildman–Crippen LogP) is 6.77. The largest absolute Gasteiger partial charge is 0.339 e. The lowest BCUT2D eigenvalue weighted by Gasteiger charge is -2.45. The van der Waals surface area contributed by atoms with E-state index in [1.807, 2.05) is 65.6 Å². The summed E-state index contributed by atoms with van der Waals surface area (Å²) in [6.07, 6.45) is 5.42. The van der Waals surface area contributed by atoms with Gasteiger partial charge in [0.15, 0.2) is 0 Å². The monoisotopic (exact) mass is 619 g/mol. The second-order valence-corrected chi connectivity index (χ2v) is 12.9. The lowest BCUT2D eigenvalue weighted by Crippen LogP contribution is -2.56. The highest BCUT2D eigenvalue weighted by Gasteiger charge is 2.50. The maximum Gasteiger partial charge on any atom is 0.321 e. The second kappa shape index (κ2) is 12.8. The topological polar surface area (TPSA) is 67.9 Å². The number of urea groups is 1. The quantitative estimate of drug-likeness (QED) is 0.306. The summed E-state index contributed by atoms with van der Waals surface area (Å²) in [6.45, 7) is 4.60. The molecule has 1 atom stereocenters. The molecule has 3 aliphatic heterocycles. The summed E-state index contributed by atoms with van der Waals surface area (Å²) in [5.41, 5.74) is 2.33. The van der Waals surface area contributed by atoms with Crippen molar-refractivity contribution in [2.75, 3.05) is 49.6 Å². The lowest BCUT2D eigenvalue weighted by molar-refractivity contribution is -0.125. The van der Waals surface area contributed by atoms with E-state index in [1.54, 1.807) is 0 Å². The molecule has 3 aromatic rings. The van der Waals surface area contributed by atoms with Gasteiger partial charge >= 0.3 is 6.03 Å². The van der Waals surface area contributed by atoms with Crippen LogP contribution in [-0.2, 0) is 10.2 Å². The van der Waals surface area contributed by atoms with E-state index < -0.39 is 5.54 Å². The summed E-state index contributed by atoms with van der Waals surface area (Å²) in [6, 6.07) is 25.7. The van der Waals surface area contributed by atoms with Gasteiger partial charge in [0.25, 0.3) is 0 Å². The third-order valence-corrected chi connectivity index (χ3v) is 10.4. The average Bonchev–Trinajstić information content (AvgIpc) is 3.35. The summed E-state index contributed by atoms with van der Waals surface area (Å²) >= 11 is 12.8. The Kier molecular flexibility index (Phi) is 8.85. The van der Waals surface area contributed by atoms with Gasteiger partial charge < -0.3 is 25.3 Å². The lowest BCUT2D eigenvalue weighted by atomic mass is 9.71. The van der Waals surface area contributed by atoms with E-state index >= 15 is 0 Å². The number of amides is 3. The van der Waals surface area contributed by atoms with Crippen molar-refractivity contribution < 1.29 is 9.59 Å². The standard InChI is InChI=1S/C34H39Cl2N5O2/c35-29-14-13-26(23-30(29)36)33(16-8-20-40(24-33)32(43)38-27-9-3-1-4-10-27)15-7-19-39-21-17-34(18-22-39)31(42)37-25-41(34)28-11-5-2-6-12-28/h1-6,9-14,23H,7-8,15-22,24-25H2,(H,37,42)(H,38,43). The number of piperidine rings is 2. The number of nitrogens with zero attached hydrogens (tertiary/aromatic N) is 3. The summed E-state index contributed by atoms with van der Waals surface area (Å²) in [5.74, 6) is 0.144. The number of carbonyl (C=O) groups excluding carboxylic acids is 2. The molecule has 0 aromatic heterocycles. The van der Waals surface area contributed by atoms with Gasteiger partial charge in [-0.05, 0) is 87.0 Å². The maximum atomic E-state index is 13.3. The highest BCUT2D eigenvalue weighted by Crippen LogP contribution is 2.41. The molecule has 0 bridgehead atoms. The van der Waals surface area contributed by atoms with Crippen LogP contribution in [-0.4, -0.2) is 66.7 Å². The molecule has 0 radical (unpaired) electrons. The molecule has 3 heterocycles. The van der Waals surface area contributed by atoms with Gasteiger partial charge in [0.2, 0.25) is 5.91 Å². The minimum atomic E-state index is -0.477. The average molecular weight is 621 g/mol. The number of nitrogens with one attached hydrogen (secondary N) is 2. The van der Waals surface area contributed by atoms with E-state index in [2.05, 4.69) is 38.6 Å². The van der Waals surface area contributed by atoms with Crippen LogP contribution in [0.1, 0.15) is 44.1 Å². The molecule has 3 fully saturated rings. The van der Waals surface area contributed by atoms with Crippen LogP contribution in [0.3, 0.4) is 0 Å². The first-order chi connectivity index (χ1) is 20.9. The number of benzene rings is 3. The molecule has 1 spiro atoms. The first kappa shape index (κ1) is 29.8. The Balaban J connectivity index is 1.12. The number of halogens is 2. The van der Waals surface area contributed by atoms with E-state index in [0.29, 0.717) is 23.3 Å². The zero-order chi connectivity index (χ0) is 29.9. The number of hydrogen-bond donors (Lipinski definition) is 2. The first-order valence-corrected chi connectivity index (χ1v) is 16.0. The fourth-order valence-electron chi connectivity index (χ4n) is 7.26. The van der Waals surface area contributed by atoms with Gasteiger partial charge in [-0.2, -0.15) is 0 Å². The zero-order valence-electron chi connectivity index (χ0n) is 24.4. The van der Waals surface area contributed by atoms with Gasteiger partial charge in [0.05, 0.1) is 16.7 Å². The van der Waals surface area contributed by atoms with E-state index in [-0.39, 0.29) is 17.4 Å². The minimum Gasteiger partial charge on any atom is -0.339 e. The Bertz CT molecular complexity index is 1430. The van der Waals surface area contributed by atoms with Crippen LogP contribution in [0.15, 0.2) is 78.9 Å². The third-order valence-electron chi connectivity index (χ3n) is 9.64. The van der Waals surface area contributed by atoms with Crippen LogP contribution in [0.4, 0.5) is 16.2 Å². The smallest absolute Gasteiger partial charge is 0.321 e. The Labute approximate surface area is 264 Å². The van der Waals surface area contributed by atoms with Gasteiger partial charge in [0, 0.05) is 43.0 Å². The van der Waals surface area contributed by atoms with E-state index in [4.69, 9.17) is 23.2 Å². The van der Waals surface area contributed by atoms with Gasteiger partial charge in [-0.3, -0.25) is 4.79 Å². The molecule has 2 N–H and O–H groups in total. The van der Waals surface area contributed by atoms with Crippen LogP contribution in [0.5, 0.6) is 0 Å². The van der Waals surface area contributed by atoms with Gasteiger partial charge in [-0.25, -0.2) is 4.79 Å². The fourth-order valence-corrected chi connectivity index (χ4v) is 7.56. The normalized spacial score (nSPS) is 22.0. The van der Waals surface area contributed by atoms with Crippen molar-refractivity contribution in [3.8, 4) is 0 Å². The fraction of sp³-hybridized carbons (Fsp3) is 0.412. The molecule has 3 saturated heterocycles. The number of rotatable bonds is 7. The predicted molar refractivity (Wildman–Crippen MR) is 174 cm³/mol. The molecule has 6 rings (SSSR count). The van der Waals surface area contributed by atoms with E-state index in [0.717, 1.165) is 81.6 Å². The maximum absolute atomic E-state index is 13.3. The summed E-state index contributed by atoms with van der Waals surface area (Å²) < 4.78 is 0. The molecule has 43 heavy (non-hydrogen) atoms. The van der Waals surface area contributed by atoms with E-state index in [1.165, 1.54) is 0 Å². The summed E-state index contributed by atoms with van der Waals surface area (Å²) in [7, 11) is 0. The zero-order valence-corrected chi connectivity index (χ0v) is 25.9.